The molecule has 1 aliphatic heterocycles. The molecule has 6 heteroatoms. The fourth-order valence-corrected chi connectivity index (χ4v) is 4.31. The van der Waals surface area contributed by atoms with E-state index in [1.54, 1.807) is 7.11 Å². The van der Waals surface area contributed by atoms with E-state index in [1.165, 1.54) is 18.4 Å². The number of piperidine rings is 1. The van der Waals surface area contributed by atoms with Crippen molar-refractivity contribution in [2.75, 3.05) is 46.4 Å². The number of aliphatic hydroxyl groups is 1. The predicted molar refractivity (Wildman–Crippen MR) is 130 cm³/mol. The van der Waals surface area contributed by atoms with E-state index >= 15 is 0 Å². The molecule has 0 atom stereocenters. The first-order chi connectivity index (χ1) is 15.1. The number of aliphatic hydroxyl groups excluding tert-OH is 1. The maximum absolute atomic E-state index is 9.46. The number of guanidine groups is 1. The standard InChI is InChI=1S/C25H44N4O2/c1-5-25(6-2,14-17-30)20-28-24(26-7-3)27-18-21-12-15-29(16-13-21)19-22-8-10-23(31-4)11-9-22/h8-11,21,30H,5-7,12-20H2,1-4H3,(H2,26,27,28). The average Bonchev–Trinajstić information content (AvgIpc) is 2.81. The number of hydrogen-bond donors (Lipinski definition) is 3. The molecule has 6 nitrogen and oxygen atoms in total. The molecule has 0 unspecified atom stereocenters. The van der Waals surface area contributed by atoms with Crippen LogP contribution in [-0.2, 0) is 6.54 Å². The molecule has 176 valence electrons. The van der Waals surface area contributed by atoms with Crippen LogP contribution in [0.15, 0.2) is 29.3 Å². The molecule has 3 N–H and O–H groups in total. The van der Waals surface area contributed by atoms with Crippen LogP contribution in [0.4, 0.5) is 0 Å². The number of benzene rings is 1. The van der Waals surface area contributed by atoms with Gasteiger partial charge in [0.05, 0.1) is 7.11 Å². The lowest BCUT2D eigenvalue weighted by Gasteiger charge is -2.32. The minimum atomic E-state index is 0.101. The van der Waals surface area contributed by atoms with Crippen molar-refractivity contribution in [2.45, 2.75) is 59.4 Å². The van der Waals surface area contributed by atoms with Crippen LogP contribution in [0.2, 0.25) is 0 Å². The summed E-state index contributed by atoms with van der Waals surface area (Å²) in [7, 11) is 1.71. The maximum Gasteiger partial charge on any atom is 0.191 e. The van der Waals surface area contributed by atoms with Crippen LogP contribution in [0.3, 0.4) is 0 Å². The zero-order chi connectivity index (χ0) is 22.5. The molecular formula is C25H44N4O2. The number of hydrogen-bond acceptors (Lipinski definition) is 4. The van der Waals surface area contributed by atoms with Crippen molar-refractivity contribution in [3.63, 3.8) is 0 Å². The van der Waals surface area contributed by atoms with Crippen molar-refractivity contribution in [2.24, 2.45) is 16.3 Å². The summed E-state index contributed by atoms with van der Waals surface area (Å²) in [4.78, 5) is 7.42. The highest BCUT2D eigenvalue weighted by molar-refractivity contribution is 5.79. The Labute approximate surface area is 189 Å². The van der Waals surface area contributed by atoms with Gasteiger partial charge in [0.2, 0.25) is 0 Å². The van der Waals surface area contributed by atoms with Crippen LogP contribution in [-0.4, -0.2) is 62.4 Å². The molecule has 1 saturated heterocycles. The molecule has 0 saturated carbocycles. The van der Waals surface area contributed by atoms with Gasteiger partial charge in [-0.1, -0.05) is 26.0 Å². The number of rotatable bonds is 12. The molecule has 0 aliphatic carbocycles. The summed E-state index contributed by atoms with van der Waals surface area (Å²) in [6.45, 7) is 12.6. The van der Waals surface area contributed by atoms with Crippen LogP contribution in [0, 0.1) is 11.3 Å². The van der Waals surface area contributed by atoms with Crippen molar-refractivity contribution >= 4 is 5.96 Å². The van der Waals surface area contributed by atoms with Crippen LogP contribution in [0.5, 0.6) is 5.75 Å². The molecule has 0 radical (unpaired) electrons. The Morgan fingerprint density at radius 3 is 2.35 bits per heavy atom. The Hall–Kier alpha value is -1.79. The lowest BCUT2D eigenvalue weighted by molar-refractivity contribution is 0.174. The highest BCUT2D eigenvalue weighted by atomic mass is 16.5. The van der Waals surface area contributed by atoms with Crippen molar-refractivity contribution in [3.8, 4) is 5.75 Å². The molecule has 1 aromatic rings. The second kappa shape index (κ2) is 13.6. The van der Waals surface area contributed by atoms with Gasteiger partial charge in [-0.3, -0.25) is 9.89 Å². The minimum absolute atomic E-state index is 0.101. The first-order valence-electron chi connectivity index (χ1n) is 12.1. The Balaban J connectivity index is 1.80. The number of likely N-dealkylation sites (tertiary alicyclic amines) is 1. The van der Waals surface area contributed by atoms with Crippen molar-refractivity contribution < 1.29 is 9.84 Å². The number of aliphatic imine (C=N–C) groups is 1. The largest absolute Gasteiger partial charge is 0.497 e. The van der Waals surface area contributed by atoms with Crippen LogP contribution >= 0.6 is 0 Å². The highest BCUT2D eigenvalue weighted by Gasteiger charge is 2.25. The third-order valence-corrected chi connectivity index (χ3v) is 6.89. The van der Waals surface area contributed by atoms with Crippen LogP contribution < -0.4 is 15.4 Å². The summed E-state index contributed by atoms with van der Waals surface area (Å²) in [6.07, 6.45) is 5.32. The summed E-state index contributed by atoms with van der Waals surface area (Å²) in [5, 5.41) is 16.4. The quantitative estimate of drug-likeness (QED) is 0.347. The highest BCUT2D eigenvalue weighted by Crippen LogP contribution is 2.30. The molecular weight excluding hydrogens is 388 g/mol. The Kier molecular flexibility index (Phi) is 11.2. The third-order valence-electron chi connectivity index (χ3n) is 6.89. The summed E-state index contributed by atoms with van der Waals surface area (Å²) in [6, 6.07) is 8.41. The molecule has 31 heavy (non-hydrogen) atoms. The number of ether oxygens (including phenoxy) is 1. The molecule has 0 aromatic heterocycles. The monoisotopic (exact) mass is 432 g/mol. The number of nitrogens with one attached hydrogen (secondary N) is 2. The van der Waals surface area contributed by atoms with E-state index in [2.05, 4.69) is 48.4 Å². The Morgan fingerprint density at radius 1 is 1.13 bits per heavy atom. The van der Waals surface area contributed by atoms with Gasteiger partial charge in [-0.15, -0.1) is 0 Å². The SMILES string of the molecule is CCNC(=NCC(CC)(CC)CCO)NCC1CCN(Cc2ccc(OC)cc2)CC1. The molecule has 0 spiro atoms. The zero-order valence-electron chi connectivity index (χ0n) is 20.1. The van der Waals surface area contributed by atoms with Gasteiger partial charge in [0.25, 0.3) is 0 Å². The van der Waals surface area contributed by atoms with Gasteiger partial charge < -0.3 is 20.5 Å². The molecule has 1 fully saturated rings. The van der Waals surface area contributed by atoms with Crippen LogP contribution in [0.25, 0.3) is 0 Å². The predicted octanol–water partition coefficient (Wildman–Crippen LogP) is 3.65. The van der Waals surface area contributed by atoms with Crippen molar-refractivity contribution in [1.82, 2.24) is 15.5 Å². The van der Waals surface area contributed by atoms with Gasteiger partial charge in [-0.05, 0) is 81.1 Å². The number of methoxy groups -OCH3 is 1. The minimum Gasteiger partial charge on any atom is -0.497 e. The molecule has 1 aromatic carbocycles. The summed E-state index contributed by atoms with van der Waals surface area (Å²) in [5.74, 6) is 2.50. The van der Waals surface area contributed by atoms with E-state index < -0.39 is 0 Å². The molecule has 0 bridgehead atoms. The summed E-state index contributed by atoms with van der Waals surface area (Å²) in [5.41, 5.74) is 1.45. The van der Waals surface area contributed by atoms with Gasteiger partial charge in [-0.25, -0.2) is 0 Å². The zero-order valence-corrected chi connectivity index (χ0v) is 20.1. The molecule has 2 rings (SSSR count). The van der Waals surface area contributed by atoms with E-state index in [0.29, 0.717) is 5.92 Å². The molecule has 1 aliphatic rings. The van der Waals surface area contributed by atoms with Crippen molar-refractivity contribution in [1.29, 1.82) is 0 Å². The van der Waals surface area contributed by atoms with E-state index in [0.717, 1.165) is 70.2 Å². The first kappa shape index (κ1) is 25.5. The maximum atomic E-state index is 9.46. The van der Waals surface area contributed by atoms with Gasteiger partial charge in [0.1, 0.15) is 5.75 Å². The third kappa shape index (κ3) is 8.34. The van der Waals surface area contributed by atoms with Crippen molar-refractivity contribution in [3.05, 3.63) is 29.8 Å². The van der Waals surface area contributed by atoms with Crippen LogP contribution in [0.1, 0.15) is 58.4 Å². The second-order valence-corrected chi connectivity index (χ2v) is 8.82. The van der Waals surface area contributed by atoms with E-state index in [4.69, 9.17) is 9.73 Å². The van der Waals surface area contributed by atoms with Gasteiger partial charge in [0, 0.05) is 32.8 Å². The fraction of sp³-hybridized carbons (Fsp3) is 0.720. The normalized spacial score (nSPS) is 16.4. The average molecular weight is 433 g/mol. The smallest absolute Gasteiger partial charge is 0.191 e. The topological polar surface area (TPSA) is 69.1 Å². The van der Waals surface area contributed by atoms with E-state index in [9.17, 15) is 5.11 Å². The van der Waals surface area contributed by atoms with Gasteiger partial charge in [0.15, 0.2) is 5.96 Å². The molecule has 0 amide bonds. The van der Waals surface area contributed by atoms with E-state index in [1.807, 2.05) is 12.1 Å². The van der Waals surface area contributed by atoms with Gasteiger partial charge in [-0.2, -0.15) is 0 Å². The molecule has 1 heterocycles. The number of nitrogens with zero attached hydrogens (tertiary/aromatic N) is 2. The second-order valence-electron chi connectivity index (χ2n) is 8.82. The Morgan fingerprint density at radius 2 is 1.81 bits per heavy atom. The first-order valence-corrected chi connectivity index (χ1v) is 12.1. The van der Waals surface area contributed by atoms with E-state index in [-0.39, 0.29) is 12.0 Å². The lowest BCUT2D eigenvalue weighted by atomic mass is 9.79. The summed E-state index contributed by atoms with van der Waals surface area (Å²) < 4.78 is 5.25. The van der Waals surface area contributed by atoms with Gasteiger partial charge >= 0.3 is 0 Å². The fourth-order valence-electron chi connectivity index (χ4n) is 4.31. The summed E-state index contributed by atoms with van der Waals surface area (Å²) >= 11 is 0. The Bertz CT molecular complexity index is 635. The lowest BCUT2D eigenvalue weighted by Crippen LogP contribution is -2.43.